The lowest BCUT2D eigenvalue weighted by molar-refractivity contribution is -0.142. The van der Waals surface area contributed by atoms with Crippen molar-refractivity contribution in [2.24, 2.45) is 0 Å². The van der Waals surface area contributed by atoms with E-state index in [1.54, 1.807) is 0 Å². The third-order valence-electron chi connectivity index (χ3n) is 4.10. The average Bonchev–Trinajstić information content (AvgIpc) is 2.89. The lowest BCUT2D eigenvalue weighted by Gasteiger charge is -2.09. The molecule has 0 aliphatic carbocycles. The van der Waals surface area contributed by atoms with Crippen molar-refractivity contribution in [2.45, 2.75) is 6.92 Å². The van der Waals surface area contributed by atoms with E-state index in [2.05, 4.69) is 15.9 Å². The van der Waals surface area contributed by atoms with E-state index in [1.165, 1.54) is 6.92 Å². The summed E-state index contributed by atoms with van der Waals surface area (Å²) in [6.45, 7) is 12.0. The topological polar surface area (TPSA) is 119 Å². The van der Waals surface area contributed by atoms with Gasteiger partial charge in [0.1, 0.15) is 6.61 Å². The van der Waals surface area contributed by atoms with Crippen LogP contribution in [0.1, 0.15) is 6.92 Å². The van der Waals surface area contributed by atoms with Gasteiger partial charge >= 0.3 is 5.97 Å². The van der Waals surface area contributed by atoms with Crippen molar-refractivity contribution < 1.29 is 56.9 Å². The van der Waals surface area contributed by atoms with Gasteiger partial charge in [0.2, 0.25) is 0 Å². The number of carbonyl (C=O) groups excluding carboxylic acids is 1. The van der Waals surface area contributed by atoms with E-state index in [9.17, 15) is 4.79 Å². The van der Waals surface area contributed by atoms with Crippen LogP contribution in [-0.2, 0) is 56.9 Å². The first-order valence-electron chi connectivity index (χ1n) is 12.7. The average molecular weight is 608 g/mol. The van der Waals surface area contributed by atoms with E-state index in [1.807, 2.05) is 0 Å². The molecule has 0 aliphatic rings. The van der Waals surface area contributed by atoms with Gasteiger partial charge in [0, 0.05) is 12.3 Å². The molecule has 0 aromatic carbocycles. The molecule has 0 aliphatic heterocycles. The highest BCUT2D eigenvalue weighted by molar-refractivity contribution is 9.09. The third-order valence-corrected chi connectivity index (χ3v) is 4.43. The number of ether oxygens (including phenoxy) is 11. The van der Waals surface area contributed by atoms with E-state index < -0.39 is 0 Å². The lowest BCUT2D eigenvalue weighted by atomic mass is 10.6. The molecule has 13 heteroatoms. The van der Waals surface area contributed by atoms with Gasteiger partial charge in [-0.3, -0.25) is 4.79 Å². The Labute approximate surface area is 229 Å². The first kappa shape index (κ1) is 36.5. The van der Waals surface area contributed by atoms with E-state index in [-0.39, 0.29) is 12.6 Å². The number of esters is 1. The summed E-state index contributed by atoms with van der Waals surface area (Å²) < 4.78 is 58.6. The molecule has 0 radical (unpaired) electrons. The van der Waals surface area contributed by atoms with Crippen LogP contribution in [0, 0.1) is 0 Å². The molecule has 0 N–H and O–H groups in total. The highest BCUT2D eigenvalue weighted by Gasteiger charge is 1.96. The normalized spacial score (nSPS) is 11.3. The van der Waals surface area contributed by atoms with Crippen molar-refractivity contribution >= 4 is 21.9 Å². The van der Waals surface area contributed by atoms with Crippen molar-refractivity contribution in [3.8, 4) is 0 Å². The Balaban J connectivity index is 3.02. The van der Waals surface area contributed by atoms with Crippen molar-refractivity contribution in [1.29, 1.82) is 0 Å². The second kappa shape index (κ2) is 33.6. The second-order valence-corrected chi connectivity index (χ2v) is 7.95. The Morgan fingerprint density at radius 1 is 0.378 bits per heavy atom. The van der Waals surface area contributed by atoms with Crippen LogP contribution in [0.2, 0.25) is 0 Å². The lowest BCUT2D eigenvalue weighted by Crippen LogP contribution is -2.15. The molecule has 0 fully saturated rings. The molecule has 0 saturated heterocycles. The smallest absolute Gasteiger partial charge is 0.302 e. The van der Waals surface area contributed by atoms with Gasteiger partial charge in [0.05, 0.1) is 132 Å². The second-order valence-electron chi connectivity index (χ2n) is 7.15. The molecule has 0 rings (SSSR count). The van der Waals surface area contributed by atoms with Gasteiger partial charge in [-0.15, -0.1) is 0 Å². The molecule has 0 spiro atoms. The maximum Gasteiger partial charge on any atom is 0.302 e. The molecule has 222 valence electrons. The molecule has 0 unspecified atom stereocenters. The van der Waals surface area contributed by atoms with Gasteiger partial charge in [-0.05, 0) is 0 Å². The Morgan fingerprint density at radius 3 is 0.757 bits per heavy atom. The van der Waals surface area contributed by atoms with Gasteiger partial charge in [-0.2, -0.15) is 0 Å². The monoisotopic (exact) mass is 606 g/mol. The Hall–Kier alpha value is -0.450. The third kappa shape index (κ3) is 35.6. The van der Waals surface area contributed by atoms with E-state index >= 15 is 0 Å². The largest absolute Gasteiger partial charge is 0.463 e. The summed E-state index contributed by atoms with van der Waals surface area (Å²) in [4.78, 5) is 10.6. The van der Waals surface area contributed by atoms with Crippen LogP contribution in [0.4, 0.5) is 0 Å². The Bertz CT molecular complexity index is 448. The van der Waals surface area contributed by atoms with Gasteiger partial charge in [0.15, 0.2) is 0 Å². The predicted octanol–water partition coefficient (Wildman–Crippen LogP) is 1.11. The maximum atomic E-state index is 10.6. The minimum Gasteiger partial charge on any atom is -0.463 e. The molecule has 0 amide bonds. The number of rotatable bonds is 32. The SMILES string of the molecule is CC(=O)OCCOCCOCCOCCOCCOCCOCCOCCOCCOCCOCCBr. The molecule has 0 aromatic heterocycles. The molecule has 0 saturated carbocycles. The molecule has 0 aromatic rings. The highest BCUT2D eigenvalue weighted by Crippen LogP contribution is 1.87. The Morgan fingerprint density at radius 2 is 0.568 bits per heavy atom. The molecule has 37 heavy (non-hydrogen) atoms. The summed E-state index contributed by atoms with van der Waals surface area (Å²) in [5, 5.41) is 0.836. The van der Waals surface area contributed by atoms with Crippen LogP contribution in [0.3, 0.4) is 0 Å². The molecule has 0 bridgehead atoms. The van der Waals surface area contributed by atoms with Gasteiger partial charge in [-0.1, -0.05) is 15.9 Å². The zero-order chi connectivity index (χ0) is 26.9. The molecular formula is C24H47BrO12. The van der Waals surface area contributed by atoms with Crippen LogP contribution in [0.5, 0.6) is 0 Å². The quantitative estimate of drug-likeness (QED) is 0.0620. The fraction of sp³-hybridized carbons (Fsp3) is 0.958. The first-order valence-corrected chi connectivity index (χ1v) is 13.9. The fourth-order valence-electron chi connectivity index (χ4n) is 2.38. The van der Waals surface area contributed by atoms with E-state index in [0.29, 0.717) is 132 Å². The van der Waals surface area contributed by atoms with Crippen molar-refractivity contribution in [2.75, 3.05) is 144 Å². The van der Waals surface area contributed by atoms with Gasteiger partial charge in [-0.25, -0.2) is 0 Å². The van der Waals surface area contributed by atoms with Gasteiger partial charge < -0.3 is 52.1 Å². The summed E-state index contributed by atoms with van der Waals surface area (Å²) in [5.41, 5.74) is 0. The summed E-state index contributed by atoms with van der Waals surface area (Å²) in [7, 11) is 0. The number of carbonyl (C=O) groups is 1. The molecular weight excluding hydrogens is 560 g/mol. The fourth-order valence-corrected chi connectivity index (χ4v) is 2.61. The number of alkyl halides is 1. The number of hydrogen-bond acceptors (Lipinski definition) is 12. The maximum absolute atomic E-state index is 10.6. The zero-order valence-corrected chi connectivity index (χ0v) is 23.9. The first-order chi connectivity index (χ1) is 18.3. The van der Waals surface area contributed by atoms with E-state index in [0.717, 1.165) is 5.33 Å². The van der Waals surface area contributed by atoms with Crippen LogP contribution < -0.4 is 0 Å². The zero-order valence-electron chi connectivity index (χ0n) is 22.3. The van der Waals surface area contributed by atoms with Crippen LogP contribution in [-0.4, -0.2) is 150 Å². The standard InChI is InChI=1S/C24H47BrO12/c1-24(26)37-23-22-36-21-20-35-19-18-34-17-16-33-15-14-32-13-12-31-11-10-30-9-8-29-7-6-28-5-4-27-3-2-25/h2-23H2,1H3. The predicted molar refractivity (Wildman–Crippen MR) is 139 cm³/mol. The summed E-state index contributed by atoms with van der Waals surface area (Å²) in [6.07, 6.45) is 0. The molecule has 12 nitrogen and oxygen atoms in total. The minimum atomic E-state index is -0.309. The van der Waals surface area contributed by atoms with Crippen LogP contribution in [0.25, 0.3) is 0 Å². The summed E-state index contributed by atoms with van der Waals surface area (Å²) >= 11 is 3.29. The number of hydrogen-bond donors (Lipinski definition) is 0. The minimum absolute atomic E-state index is 0.261. The van der Waals surface area contributed by atoms with Crippen molar-refractivity contribution in [3.63, 3.8) is 0 Å². The highest BCUT2D eigenvalue weighted by atomic mass is 79.9. The van der Waals surface area contributed by atoms with Gasteiger partial charge in [0.25, 0.3) is 0 Å². The molecule has 0 heterocycles. The van der Waals surface area contributed by atoms with Crippen molar-refractivity contribution in [3.05, 3.63) is 0 Å². The van der Waals surface area contributed by atoms with Crippen molar-refractivity contribution in [1.82, 2.24) is 0 Å². The van der Waals surface area contributed by atoms with Crippen LogP contribution in [0.15, 0.2) is 0 Å². The molecule has 0 atom stereocenters. The number of halogens is 1. The van der Waals surface area contributed by atoms with Crippen LogP contribution >= 0.6 is 15.9 Å². The van der Waals surface area contributed by atoms with E-state index in [4.69, 9.17) is 52.1 Å². The summed E-state index contributed by atoms with van der Waals surface area (Å²) in [5.74, 6) is -0.309. The Kier molecular flexibility index (Phi) is 33.2. The summed E-state index contributed by atoms with van der Waals surface area (Å²) in [6, 6.07) is 0.